The van der Waals surface area contributed by atoms with Gasteiger partial charge in [0.05, 0.1) is 19.8 Å². The molecular weight excluding hydrogens is 311 g/mol. The van der Waals surface area contributed by atoms with Crippen molar-refractivity contribution in [3.8, 4) is 5.75 Å². The van der Waals surface area contributed by atoms with Crippen molar-refractivity contribution in [2.45, 2.75) is 39.3 Å². The van der Waals surface area contributed by atoms with Gasteiger partial charge in [-0.2, -0.15) is 0 Å². The number of aliphatic hydroxyl groups is 1. The molecule has 0 saturated carbocycles. The Bertz CT molecular complexity index is 579. The summed E-state index contributed by atoms with van der Waals surface area (Å²) in [6.45, 7) is 6.51. The second-order valence-corrected chi connectivity index (χ2v) is 6.92. The Morgan fingerprint density at radius 1 is 1.50 bits per heavy atom. The summed E-state index contributed by atoms with van der Waals surface area (Å²) < 4.78 is 19.8. The van der Waals surface area contributed by atoms with E-state index in [4.69, 9.17) is 9.84 Å². The summed E-state index contributed by atoms with van der Waals surface area (Å²) in [5.41, 5.74) is -0.0677. The lowest BCUT2D eigenvalue weighted by Gasteiger charge is -2.20. The van der Waals surface area contributed by atoms with Crippen molar-refractivity contribution in [2.24, 2.45) is 5.92 Å². The minimum atomic E-state index is -1.68. The van der Waals surface area contributed by atoms with Crippen molar-refractivity contribution in [1.29, 1.82) is 0 Å². The molecule has 0 unspecified atom stereocenters. The van der Waals surface area contributed by atoms with Gasteiger partial charge in [-0.3, -0.25) is 0 Å². The molecule has 0 aliphatic carbocycles. The molecule has 2 rings (SSSR count). The van der Waals surface area contributed by atoms with Gasteiger partial charge in [-0.25, -0.2) is 9.18 Å². The minimum absolute atomic E-state index is 0.0844. The Kier molecular flexibility index (Phi) is 6.04. The highest BCUT2D eigenvalue weighted by Gasteiger charge is 2.39. The number of hydrogen-bond donors (Lipinski definition) is 2. The molecule has 1 fully saturated rings. The first-order chi connectivity index (χ1) is 11.3. The van der Waals surface area contributed by atoms with Gasteiger partial charge in [0.25, 0.3) is 0 Å². The first-order valence-corrected chi connectivity index (χ1v) is 8.42. The maximum Gasteiger partial charge on any atom is 0.321 e. The van der Waals surface area contributed by atoms with Gasteiger partial charge in [-0.05, 0) is 30.9 Å². The quantitative estimate of drug-likeness (QED) is 0.836. The third-order valence-corrected chi connectivity index (χ3v) is 4.27. The van der Waals surface area contributed by atoms with E-state index in [0.717, 1.165) is 17.7 Å². The highest BCUT2D eigenvalue weighted by molar-refractivity contribution is 5.89. The maximum atomic E-state index is 14.0. The Hall–Kier alpha value is -1.82. The largest absolute Gasteiger partial charge is 0.493 e. The molecule has 0 aromatic heterocycles. The van der Waals surface area contributed by atoms with Crippen LogP contribution in [0.3, 0.4) is 0 Å². The predicted molar refractivity (Wildman–Crippen MR) is 92.3 cm³/mol. The van der Waals surface area contributed by atoms with E-state index in [1.165, 1.54) is 4.90 Å². The molecule has 0 radical (unpaired) electrons. The first kappa shape index (κ1) is 18.5. The Morgan fingerprint density at radius 2 is 2.25 bits per heavy atom. The van der Waals surface area contributed by atoms with E-state index in [-0.39, 0.29) is 19.0 Å². The smallest absolute Gasteiger partial charge is 0.321 e. The van der Waals surface area contributed by atoms with Crippen molar-refractivity contribution in [2.75, 3.05) is 31.6 Å². The average Bonchev–Trinajstić information content (AvgIpc) is 2.93. The fourth-order valence-corrected chi connectivity index (χ4v) is 2.58. The molecular formula is C18H27FN2O3. The molecule has 1 atom stereocenters. The number of amides is 2. The maximum absolute atomic E-state index is 14.0. The first-order valence-electron chi connectivity index (χ1n) is 8.42. The van der Waals surface area contributed by atoms with E-state index in [9.17, 15) is 9.18 Å². The summed E-state index contributed by atoms with van der Waals surface area (Å²) in [6.07, 6.45) is 1.12. The minimum Gasteiger partial charge on any atom is -0.493 e. The standard InChI is InChI=1S/C18H27FN2O3/c1-13(2)6-9-24-16-10-15(5-4-14(16)3)20-17(23)21-8-7-18(19,11-21)12-22/h4-5,10,13,22H,6-9,11-12H2,1-3H3,(H,20,23)/t18-/m0/s1. The van der Waals surface area contributed by atoms with Gasteiger partial charge in [0, 0.05) is 24.7 Å². The van der Waals surface area contributed by atoms with Gasteiger partial charge in [0.2, 0.25) is 0 Å². The van der Waals surface area contributed by atoms with E-state index >= 15 is 0 Å². The molecule has 1 aliphatic heterocycles. The zero-order valence-corrected chi connectivity index (χ0v) is 14.6. The topological polar surface area (TPSA) is 61.8 Å². The lowest BCUT2D eigenvalue weighted by Crippen LogP contribution is -2.37. The number of nitrogens with one attached hydrogen (secondary N) is 1. The monoisotopic (exact) mass is 338 g/mol. The van der Waals surface area contributed by atoms with E-state index in [0.29, 0.717) is 24.8 Å². The number of anilines is 1. The second-order valence-electron chi connectivity index (χ2n) is 6.92. The average molecular weight is 338 g/mol. The highest BCUT2D eigenvalue weighted by Crippen LogP contribution is 2.27. The summed E-state index contributed by atoms with van der Waals surface area (Å²) >= 11 is 0. The Morgan fingerprint density at radius 3 is 2.88 bits per heavy atom. The van der Waals surface area contributed by atoms with Crippen molar-refractivity contribution in [3.05, 3.63) is 23.8 Å². The van der Waals surface area contributed by atoms with Gasteiger partial charge in [-0.15, -0.1) is 0 Å². The number of likely N-dealkylation sites (tertiary alicyclic amines) is 1. The third-order valence-electron chi connectivity index (χ3n) is 4.27. The molecule has 1 aromatic carbocycles. The summed E-state index contributed by atoms with van der Waals surface area (Å²) in [7, 11) is 0. The number of aryl methyl sites for hydroxylation is 1. The summed E-state index contributed by atoms with van der Waals surface area (Å²) in [5, 5.41) is 11.8. The van der Waals surface area contributed by atoms with Crippen molar-refractivity contribution >= 4 is 11.7 Å². The van der Waals surface area contributed by atoms with Crippen LogP contribution in [0.1, 0.15) is 32.3 Å². The summed E-state index contributed by atoms with van der Waals surface area (Å²) in [4.78, 5) is 13.6. The molecule has 0 bridgehead atoms. The molecule has 134 valence electrons. The van der Waals surface area contributed by atoms with E-state index < -0.39 is 12.3 Å². The van der Waals surface area contributed by atoms with Crippen LogP contribution in [0.15, 0.2) is 18.2 Å². The van der Waals surface area contributed by atoms with Crippen LogP contribution in [0.5, 0.6) is 5.75 Å². The van der Waals surface area contributed by atoms with Crippen LogP contribution < -0.4 is 10.1 Å². The number of halogens is 1. The molecule has 5 nitrogen and oxygen atoms in total. The van der Waals surface area contributed by atoms with Crippen LogP contribution >= 0.6 is 0 Å². The molecule has 2 N–H and O–H groups in total. The zero-order chi connectivity index (χ0) is 17.7. The normalized spacial score (nSPS) is 20.5. The van der Waals surface area contributed by atoms with Crippen LogP contribution in [0.2, 0.25) is 0 Å². The molecule has 1 saturated heterocycles. The Balaban J connectivity index is 1.96. The van der Waals surface area contributed by atoms with Crippen LogP contribution in [0.4, 0.5) is 14.9 Å². The fourth-order valence-electron chi connectivity index (χ4n) is 2.58. The molecule has 1 aromatic rings. The van der Waals surface area contributed by atoms with Gasteiger partial charge in [-0.1, -0.05) is 19.9 Å². The molecule has 24 heavy (non-hydrogen) atoms. The number of ether oxygens (including phenoxy) is 1. The number of benzene rings is 1. The van der Waals surface area contributed by atoms with Gasteiger partial charge in [0.15, 0.2) is 5.67 Å². The number of alkyl halides is 1. The number of nitrogens with zero attached hydrogens (tertiary/aromatic N) is 1. The van der Waals surface area contributed by atoms with Crippen LogP contribution in [-0.4, -0.2) is 48.0 Å². The molecule has 0 spiro atoms. The number of aliphatic hydroxyl groups excluding tert-OH is 1. The number of carbonyl (C=O) groups is 1. The second kappa shape index (κ2) is 7.83. The molecule has 2 amide bonds. The third kappa shape index (κ3) is 4.84. The van der Waals surface area contributed by atoms with Crippen LogP contribution in [0.25, 0.3) is 0 Å². The summed E-state index contributed by atoms with van der Waals surface area (Å²) in [6, 6.07) is 5.11. The van der Waals surface area contributed by atoms with Crippen LogP contribution in [-0.2, 0) is 0 Å². The lowest BCUT2D eigenvalue weighted by atomic mass is 10.1. The predicted octanol–water partition coefficient (Wildman–Crippen LogP) is 3.36. The molecule has 1 heterocycles. The molecule has 6 heteroatoms. The Labute approximate surface area is 142 Å². The number of carbonyl (C=O) groups excluding carboxylic acids is 1. The zero-order valence-electron chi connectivity index (χ0n) is 14.6. The van der Waals surface area contributed by atoms with Gasteiger partial charge >= 0.3 is 6.03 Å². The van der Waals surface area contributed by atoms with Gasteiger partial charge < -0.3 is 20.1 Å². The summed E-state index contributed by atoms with van der Waals surface area (Å²) in [5.74, 6) is 1.31. The molecule has 1 aliphatic rings. The number of rotatable bonds is 6. The SMILES string of the molecule is Cc1ccc(NC(=O)N2CC[C@@](F)(CO)C2)cc1OCCC(C)C. The fraction of sp³-hybridized carbons (Fsp3) is 0.611. The van der Waals surface area contributed by atoms with Crippen LogP contribution in [0, 0.1) is 12.8 Å². The number of urea groups is 1. The van der Waals surface area contributed by atoms with Gasteiger partial charge in [0.1, 0.15) is 5.75 Å². The lowest BCUT2D eigenvalue weighted by molar-refractivity contribution is 0.0813. The van der Waals surface area contributed by atoms with E-state index in [2.05, 4.69) is 19.2 Å². The number of hydrogen-bond acceptors (Lipinski definition) is 3. The van der Waals surface area contributed by atoms with E-state index in [1.807, 2.05) is 13.0 Å². The van der Waals surface area contributed by atoms with Crippen molar-refractivity contribution < 1.29 is 19.0 Å². The van der Waals surface area contributed by atoms with Crippen molar-refractivity contribution in [3.63, 3.8) is 0 Å². The van der Waals surface area contributed by atoms with E-state index in [1.54, 1.807) is 12.1 Å². The highest BCUT2D eigenvalue weighted by atomic mass is 19.1. The van der Waals surface area contributed by atoms with Crippen molar-refractivity contribution in [1.82, 2.24) is 4.90 Å².